The average molecular weight is 1110 g/mol. The number of rotatable bonds is 8. The lowest BCUT2D eigenvalue weighted by Gasteiger charge is -2.08. The second kappa shape index (κ2) is 25.8. The summed E-state index contributed by atoms with van der Waals surface area (Å²) in [7, 11) is 16.9. The molecule has 0 bridgehead atoms. The SMILES string of the molecule is Cc1cc(-c2cccc(-c3ccccc3C)[n+]2C)n(C)c1.Cc1ccccc1-c1cccc(-c2cc(C)c(C)n2C)[n+]1C.Cc1ccccc1-c1cccc(-c2ccc(C)n2C)[n+]1C.Cc1ccccc1-c1cccc(-c2cncn2C)[n+]1C. The molecule has 0 N–H and O–H groups in total. The molecule has 0 aliphatic rings. The predicted octanol–water partition coefficient (Wildman–Crippen LogP) is 14.6. The molecule has 0 radical (unpaired) electrons. The van der Waals surface area contributed by atoms with Gasteiger partial charge >= 0.3 is 0 Å². The van der Waals surface area contributed by atoms with Crippen LogP contribution in [0.4, 0.5) is 0 Å². The Morgan fingerprint density at radius 1 is 0.310 bits per heavy atom. The summed E-state index contributed by atoms with van der Waals surface area (Å²) < 4.78 is 17.8. The molecule has 0 aliphatic heterocycles. The molecular weight excluding hydrogens is 1030 g/mol. The minimum absolute atomic E-state index is 1.11. The maximum absolute atomic E-state index is 4.21. The van der Waals surface area contributed by atoms with E-state index in [0.717, 1.165) is 11.4 Å². The van der Waals surface area contributed by atoms with Crippen molar-refractivity contribution in [3.05, 3.63) is 258 Å². The monoisotopic (exact) mass is 1110 g/mol. The average Bonchev–Trinajstić information content (AvgIpc) is 3.84. The molecule has 12 rings (SSSR count). The number of benzene rings is 4. The number of nitrogens with zero attached hydrogens (tertiary/aromatic N) is 9. The molecule has 9 heteroatoms. The van der Waals surface area contributed by atoms with Crippen LogP contribution in [0.3, 0.4) is 0 Å². The van der Waals surface area contributed by atoms with Crippen molar-refractivity contribution in [3.63, 3.8) is 0 Å². The van der Waals surface area contributed by atoms with Gasteiger partial charge in [-0.25, -0.2) is 4.98 Å². The van der Waals surface area contributed by atoms with Crippen LogP contribution in [0.1, 0.15) is 44.8 Å². The van der Waals surface area contributed by atoms with Gasteiger partial charge in [-0.1, -0.05) is 72.8 Å². The van der Waals surface area contributed by atoms with E-state index in [-0.39, 0.29) is 0 Å². The fraction of sp³-hybridized carbons (Fsp3) is 0.213. The van der Waals surface area contributed by atoms with Gasteiger partial charge in [-0.05, 0) is 162 Å². The molecule has 84 heavy (non-hydrogen) atoms. The van der Waals surface area contributed by atoms with E-state index in [1.807, 2.05) is 24.1 Å². The van der Waals surface area contributed by atoms with Gasteiger partial charge in [-0.2, -0.15) is 18.3 Å². The second-order valence-electron chi connectivity index (χ2n) is 22.4. The first-order valence-electron chi connectivity index (χ1n) is 28.9. The summed E-state index contributed by atoms with van der Waals surface area (Å²) in [6, 6.07) is 68.8. The van der Waals surface area contributed by atoms with Gasteiger partial charge in [0.25, 0.3) is 0 Å². The van der Waals surface area contributed by atoms with Gasteiger partial charge in [0, 0.05) is 117 Å². The molecule has 0 aliphatic carbocycles. The lowest BCUT2D eigenvalue weighted by atomic mass is 10.0. The Morgan fingerprint density at radius 3 is 0.976 bits per heavy atom. The summed E-state index contributed by atoms with van der Waals surface area (Å²) in [5, 5.41) is 0. The Balaban J connectivity index is 0.000000134. The molecule has 12 aromatic rings. The van der Waals surface area contributed by atoms with Crippen molar-refractivity contribution in [2.75, 3.05) is 0 Å². The van der Waals surface area contributed by atoms with Crippen molar-refractivity contribution in [1.29, 1.82) is 0 Å². The van der Waals surface area contributed by atoms with Crippen molar-refractivity contribution in [2.24, 2.45) is 56.4 Å². The number of hydrogen-bond acceptors (Lipinski definition) is 1. The minimum Gasteiger partial charge on any atom is -0.345 e. The van der Waals surface area contributed by atoms with Gasteiger partial charge in [0.1, 0.15) is 51.0 Å². The van der Waals surface area contributed by atoms with Gasteiger partial charge in [0.05, 0.1) is 12.5 Å². The molecule has 0 unspecified atom stereocenters. The Hall–Kier alpha value is -9.47. The molecule has 8 heterocycles. The highest BCUT2D eigenvalue weighted by atomic mass is 15.1. The van der Waals surface area contributed by atoms with Gasteiger partial charge in [-0.15, -0.1) is 0 Å². The third-order valence-electron chi connectivity index (χ3n) is 16.8. The Bertz CT molecular complexity index is 4200. The summed E-state index contributed by atoms with van der Waals surface area (Å²) in [5.74, 6) is 0. The van der Waals surface area contributed by atoms with Crippen LogP contribution in [0.15, 0.2) is 213 Å². The normalized spacial score (nSPS) is 10.9. The summed E-state index contributed by atoms with van der Waals surface area (Å²) >= 11 is 0. The molecule has 424 valence electrons. The summed E-state index contributed by atoms with van der Waals surface area (Å²) in [5.41, 5.74) is 30.1. The second-order valence-corrected chi connectivity index (χ2v) is 22.4. The zero-order chi connectivity index (χ0) is 59.9. The standard InChI is InChI=1S/C20H23N2.2C19H21N2.C17H18N3/c1-14-9-6-7-10-17(14)18-11-8-12-19(22(18)5)20-13-15(2)16(3)21(20)4;1-14-12-19(20(3)13-14)18-11-7-10-17(21(18)4)16-9-6-5-8-15(16)2;1-14-8-5-6-9-16(14)17-10-7-11-18(21(17)4)19-13-12-15(2)20(19)3;1-13-7-4-5-8-14(13)15-9-6-10-16(20(15)3)17-11-18-12-19(17)2/h6-13H,1-5H3;2*5-13H,1-4H3;4-12H,1-3H3/q4*+1. The van der Waals surface area contributed by atoms with Crippen LogP contribution in [-0.2, 0) is 56.4 Å². The predicted molar refractivity (Wildman–Crippen MR) is 346 cm³/mol. The molecule has 0 fully saturated rings. The Kier molecular flexibility index (Phi) is 18.1. The number of imidazole rings is 1. The van der Waals surface area contributed by atoms with E-state index in [9.17, 15) is 0 Å². The molecule has 0 atom stereocenters. The lowest BCUT2D eigenvalue weighted by Crippen LogP contribution is -2.34. The van der Waals surface area contributed by atoms with Crippen LogP contribution in [0, 0.1) is 55.4 Å². The zero-order valence-electron chi connectivity index (χ0n) is 52.2. The van der Waals surface area contributed by atoms with Gasteiger partial charge in [-0.3, -0.25) is 0 Å². The molecular formula is C75H83N9+4. The first-order chi connectivity index (χ1) is 40.4. The van der Waals surface area contributed by atoms with Crippen molar-refractivity contribution < 1.29 is 18.3 Å². The van der Waals surface area contributed by atoms with E-state index in [0.29, 0.717) is 0 Å². The zero-order valence-corrected chi connectivity index (χ0v) is 52.2. The van der Waals surface area contributed by atoms with Crippen molar-refractivity contribution in [2.45, 2.75) is 55.4 Å². The third-order valence-corrected chi connectivity index (χ3v) is 16.8. The van der Waals surface area contributed by atoms with Crippen LogP contribution < -0.4 is 18.3 Å². The summed E-state index contributed by atoms with van der Waals surface area (Å²) in [4.78, 5) is 4.21. The Labute approximate surface area is 499 Å². The molecule has 0 amide bonds. The highest BCUT2D eigenvalue weighted by molar-refractivity contribution is 5.67. The molecule has 0 saturated carbocycles. The quantitative estimate of drug-likeness (QED) is 0.140. The molecule has 8 aromatic heterocycles. The largest absolute Gasteiger partial charge is 0.345 e. The molecule has 0 spiro atoms. The molecule has 4 aromatic carbocycles. The lowest BCUT2D eigenvalue weighted by molar-refractivity contribution is -0.649. The van der Waals surface area contributed by atoms with E-state index in [1.165, 1.54) is 124 Å². The summed E-state index contributed by atoms with van der Waals surface area (Å²) in [6.07, 6.45) is 5.89. The van der Waals surface area contributed by atoms with Crippen molar-refractivity contribution >= 4 is 0 Å². The van der Waals surface area contributed by atoms with Crippen LogP contribution in [0.2, 0.25) is 0 Å². The van der Waals surface area contributed by atoms with E-state index in [1.54, 1.807) is 0 Å². The number of aromatic nitrogens is 9. The molecule has 9 nitrogen and oxygen atoms in total. The third kappa shape index (κ3) is 12.3. The van der Waals surface area contributed by atoms with Crippen LogP contribution in [-0.4, -0.2) is 23.3 Å². The topological polar surface area (TPSA) is 48.1 Å². The minimum atomic E-state index is 1.11. The van der Waals surface area contributed by atoms with Gasteiger partial charge < -0.3 is 18.3 Å². The Morgan fingerprint density at radius 2 is 0.667 bits per heavy atom. The maximum atomic E-state index is 4.21. The fourth-order valence-corrected chi connectivity index (χ4v) is 11.4. The number of aryl methyl sites for hydroxylation is 9. The molecule has 0 saturated heterocycles. The van der Waals surface area contributed by atoms with E-state index in [4.69, 9.17) is 0 Å². The van der Waals surface area contributed by atoms with Crippen LogP contribution >= 0.6 is 0 Å². The van der Waals surface area contributed by atoms with E-state index < -0.39 is 0 Å². The fourth-order valence-electron chi connectivity index (χ4n) is 11.4. The number of pyridine rings is 4. The first-order valence-corrected chi connectivity index (χ1v) is 28.9. The van der Waals surface area contributed by atoms with Crippen molar-refractivity contribution in [3.8, 4) is 90.6 Å². The van der Waals surface area contributed by atoms with E-state index in [2.05, 4.69) is 342 Å². The van der Waals surface area contributed by atoms with E-state index >= 15 is 0 Å². The van der Waals surface area contributed by atoms with Gasteiger partial charge in [0.2, 0.25) is 45.6 Å². The highest BCUT2D eigenvalue weighted by Gasteiger charge is 2.24. The number of hydrogen-bond donors (Lipinski definition) is 0. The van der Waals surface area contributed by atoms with Gasteiger partial charge in [0.15, 0.2) is 0 Å². The van der Waals surface area contributed by atoms with Crippen LogP contribution in [0.5, 0.6) is 0 Å². The summed E-state index contributed by atoms with van der Waals surface area (Å²) in [6.45, 7) is 17.2. The van der Waals surface area contributed by atoms with Crippen molar-refractivity contribution in [1.82, 2.24) is 23.3 Å². The highest BCUT2D eigenvalue weighted by Crippen LogP contribution is 2.29. The van der Waals surface area contributed by atoms with Crippen LogP contribution in [0.25, 0.3) is 90.6 Å². The smallest absolute Gasteiger partial charge is 0.231 e. The first kappa shape index (κ1) is 59.2. The maximum Gasteiger partial charge on any atom is 0.231 e.